The second-order valence-electron chi connectivity index (χ2n) is 3.40. The van der Waals surface area contributed by atoms with Gasteiger partial charge in [-0.3, -0.25) is 0 Å². The molecule has 3 rings (SSSR count). The van der Waals surface area contributed by atoms with Crippen molar-refractivity contribution in [3.63, 3.8) is 0 Å². The highest BCUT2D eigenvalue weighted by molar-refractivity contribution is 7.17. The van der Waals surface area contributed by atoms with Crippen LogP contribution in [-0.2, 0) is 0 Å². The number of nitrogens with zero attached hydrogens (tertiary/aromatic N) is 1. The topological polar surface area (TPSA) is 22.1 Å². The quantitative estimate of drug-likeness (QED) is 0.658. The van der Waals surface area contributed by atoms with Crippen molar-refractivity contribution in [1.82, 2.24) is 4.98 Å². The third-order valence-electron chi connectivity index (χ3n) is 2.28. The van der Waals surface area contributed by atoms with Gasteiger partial charge in [-0.15, -0.1) is 11.3 Å². The van der Waals surface area contributed by atoms with Crippen molar-refractivity contribution in [2.75, 3.05) is 0 Å². The van der Waals surface area contributed by atoms with Crippen LogP contribution in [0.25, 0.3) is 10.1 Å². The van der Waals surface area contributed by atoms with E-state index in [-0.39, 0.29) is 0 Å². The van der Waals surface area contributed by atoms with Gasteiger partial charge in [-0.25, -0.2) is 4.98 Å². The van der Waals surface area contributed by atoms with E-state index in [4.69, 9.17) is 4.74 Å². The molecule has 78 valence electrons. The van der Waals surface area contributed by atoms with E-state index in [0.29, 0.717) is 5.88 Å². The summed E-state index contributed by atoms with van der Waals surface area (Å²) in [6, 6.07) is 13.7. The summed E-state index contributed by atoms with van der Waals surface area (Å²) in [5.74, 6) is 1.45. The van der Waals surface area contributed by atoms with Crippen LogP contribution in [0, 0.1) is 0 Å². The first-order valence-electron chi connectivity index (χ1n) is 4.98. The number of aromatic nitrogens is 1. The molecule has 0 aliphatic rings. The van der Waals surface area contributed by atoms with Crippen LogP contribution in [0.2, 0.25) is 0 Å². The molecule has 0 amide bonds. The Hall–Kier alpha value is -1.87. The summed E-state index contributed by atoms with van der Waals surface area (Å²) in [7, 11) is 0. The molecule has 0 fully saturated rings. The number of hydrogen-bond acceptors (Lipinski definition) is 3. The van der Waals surface area contributed by atoms with Crippen LogP contribution in [0.1, 0.15) is 0 Å². The van der Waals surface area contributed by atoms with Gasteiger partial charge in [0.2, 0.25) is 5.88 Å². The summed E-state index contributed by atoms with van der Waals surface area (Å²) in [6.07, 6.45) is 1.85. The van der Waals surface area contributed by atoms with Gasteiger partial charge in [-0.05, 0) is 29.0 Å². The number of para-hydroxylation sites is 1. The zero-order valence-corrected chi connectivity index (χ0v) is 9.28. The van der Waals surface area contributed by atoms with Crippen LogP contribution in [0.3, 0.4) is 0 Å². The predicted octanol–water partition coefficient (Wildman–Crippen LogP) is 4.09. The lowest BCUT2D eigenvalue weighted by Gasteiger charge is -2.03. The summed E-state index contributed by atoms with van der Waals surface area (Å²) < 4.78 is 6.83. The van der Waals surface area contributed by atoms with E-state index in [1.807, 2.05) is 42.6 Å². The zero-order valence-electron chi connectivity index (χ0n) is 8.46. The first kappa shape index (κ1) is 9.36. The van der Waals surface area contributed by atoms with Gasteiger partial charge < -0.3 is 4.74 Å². The average molecular weight is 227 g/mol. The van der Waals surface area contributed by atoms with Gasteiger partial charge in [-0.2, -0.15) is 0 Å². The van der Waals surface area contributed by atoms with Crippen LogP contribution in [0.5, 0.6) is 11.6 Å². The van der Waals surface area contributed by atoms with Gasteiger partial charge in [0.25, 0.3) is 0 Å². The highest BCUT2D eigenvalue weighted by Crippen LogP contribution is 2.25. The first-order valence-corrected chi connectivity index (χ1v) is 5.86. The Bertz CT molecular complexity index is 603. The van der Waals surface area contributed by atoms with Crippen molar-refractivity contribution in [2.45, 2.75) is 0 Å². The summed E-state index contributed by atoms with van der Waals surface area (Å²) in [5, 5.41) is 3.23. The van der Waals surface area contributed by atoms with E-state index in [2.05, 4.69) is 16.4 Å². The van der Waals surface area contributed by atoms with Gasteiger partial charge in [0.15, 0.2) is 0 Å². The van der Waals surface area contributed by atoms with Gasteiger partial charge in [0, 0.05) is 12.3 Å². The lowest BCUT2D eigenvalue weighted by molar-refractivity contribution is 0.464. The summed E-state index contributed by atoms with van der Waals surface area (Å²) in [5.41, 5.74) is 0. The molecule has 0 unspecified atom stereocenters. The Kier molecular flexibility index (Phi) is 2.31. The van der Waals surface area contributed by atoms with E-state index >= 15 is 0 Å². The molecule has 2 aromatic heterocycles. The SMILES string of the molecule is c1ccc(Oc2cc3ccsc3cn2)cc1. The van der Waals surface area contributed by atoms with Gasteiger partial charge >= 0.3 is 0 Å². The fourth-order valence-corrected chi connectivity index (χ4v) is 2.25. The van der Waals surface area contributed by atoms with Gasteiger partial charge in [0.1, 0.15) is 5.75 Å². The average Bonchev–Trinajstić information content (AvgIpc) is 2.77. The fourth-order valence-electron chi connectivity index (χ4n) is 1.51. The normalized spacial score (nSPS) is 10.5. The Morgan fingerprint density at radius 1 is 1.06 bits per heavy atom. The summed E-state index contributed by atoms with van der Waals surface area (Å²) in [4.78, 5) is 4.26. The predicted molar refractivity (Wildman–Crippen MR) is 66.1 cm³/mol. The lowest BCUT2D eigenvalue weighted by atomic mass is 10.3. The maximum Gasteiger partial charge on any atom is 0.219 e. The van der Waals surface area contributed by atoms with Crippen LogP contribution >= 0.6 is 11.3 Å². The standard InChI is InChI=1S/C13H9NOS/c1-2-4-11(5-3-1)15-13-8-10-6-7-16-12(10)9-14-13/h1-9H. The lowest BCUT2D eigenvalue weighted by Crippen LogP contribution is -1.86. The van der Waals surface area contributed by atoms with Crippen LogP contribution in [0.15, 0.2) is 54.0 Å². The number of benzene rings is 1. The highest BCUT2D eigenvalue weighted by Gasteiger charge is 2.00. The number of ether oxygens (including phenoxy) is 1. The molecule has 2 heterocycles. The maximum absolute atomic E-state index is 5.65. The second kappa shape index (κ2) is 3.94. The highest BCUT2D eigenvalue weighted by atomic mass is 32.1. The number of pyridine rings is 1. The Balaban J connectivity index is 1.94. The van der Waals surface area contributed by atoms with E-state index < -0.39 is 0 Å². The second-order valence-corrected chi connectivity index (χ2v) is 4.34. The third kappa shape index (κ3) is 1.77. The minimum Gasteiger partial charge on any atom is -0.439 e. The molecule has 0 saturated heterocycles. The van der Waals surface area contributed by atoms with Crippen LogP contribution in [0.4, 0.5) is 0 Å². The van der Waals surface area contributed by atoms with E-state index in [1.54, 1.807) is 11.3 Å². The Labute approximate surface area is 97.1 Å². The minimum atomic E-state index is 0.636. The molecule has 1 aromatic carbocycles. The molecule has 0 saturated carbocycles. The molecule has 0 radical (unpaired) electrons. The maximum atomic E-state index is 5.65. The minimum absolute atomic E-state index is 0.636. The fraction of sp³-hybridized carbons (Fsp3) is 0. The van der Waals surface area contributed by atoms with E-state index in [9.17, 15) is 0 Å². The number of hydrogen-bond donors (Lipinski definition) is 0. The molecule has 3 aromatic rings. The van der Waals surface area contributed by atoms with Crippen LogP contribution in [-0.4, -0.2) is 4.98 Å². The first-order chi connectivity index (χ1) is 7.92. The van der Waals surface area contributed by atoms with Crippen LogP contribution < -0.4 is 4.74 Å². The smallest absolute Gasteiger partial charge is 0.219 e. The summed E-state index contributed by atoms with van der Waals surface area (Å²) in [6.45, 7) is 0. The van der Waals surface area contributed by atoms with Crippen molar-refractivity contribution in [3.8, 4) is 11.6 Å². The molecular weight excluding hydrogens is 218 g/mol. The zero-order chi connectivity index (χ0) is 10.8. The molecular formula is C13H9NOS. The molecule has 0 aliphatic carbocycles. The number of thiophene rings is 1. The molecule has 2 nitrogen and oxygen atoms in total. The Morgan fingerprint density at radius 3 is 2.81 bits per heavy atom. The van der Waals surface area contributed by atoms with E-state index in [1.165, 1.54) is 10.1 Å². The van der Waals surface area contributed by atoms with E-state index in [0.717, 1.165) is 5.75 Å². The van der Waals surface area contributed by atoms with Gasteiger partial charge in [0.05, 0.1) is 4.70 Å². The van der Waals surface area contributed by atoms with Crippen molar-refractivity contribution in [3.05, 3.63) is 54.0 Å². The molecule has 3 heteroatoms. The molecule has 0 bridgehead atoms. The molecule has 0 N–H and O–H groups in total. The molecule has 0 spiro atoms. The molecule has 16 heavy (non-hydrogen) atoms. The monoisotopic (exact) mass is 227 g/mol. The van der Waals surface area contributed by atoms with Crippen molar-refractivity contribution in [2.24, 2.45) is 0 Å². The molecule has 0 atom stereocenters. The number of fused-ring (bicyclic) bond motifs is 1. The van der Waals surface area contributed by atoms with Crippen molar-refractivity contribution < 1.29 is 4.74 Å². The third-order valence-corrected chi connectivity index (χ3v) is 3.15. The van der Waals surface area contributed by atoms with Gasteiger partial charge in [-0.1, -0.05) is 18.2 Å². The van der Waals surface area contributed by atoms with Crippen molar-refractivity contribution >= 4 is 21.4 Å². The summed E-state index contributed by atoms with van der Waals surface area (Å²) >= 11 is 1.68. The number of rotatable bonds is 2. The largest absolute Gasteiger partial charge is 0.439 e. The Morgan fingerprint density at radius 2 is 1.94 bits per heavy atom. The van der Waals surface area contributed by atoms with Crippen molar-refractivity contribution in [1.29, 1.82) is 0 Å². The molecule has 0 aliphatic heterocycles.